The lowest BCUT2D eigenvalue weighted by atomic mass is 9.69. The van der Waals surface area contributed by atoms with Crippen LogP contribution in [-0.2, 0) is 9.53 Å². The molecular formula is C24H23F3N2O2. The number of halogens is 3. The summed E-state index contributed by atoms with van der Waals surface area (Å²) in [5.74, 6) is -1.68. The third-order valence-corrected chi connectivity index (χ3v) is 6.68. The topological polar surface area (TPSA) is 45.3 Å². The van der Waals surface area contributed by atoms with Crippen molar-refractivity contribution in [3.63, 3.8) is 0 Å². The normalized spacial score (nSPS) is 23.4. The number of methoxy groups -OCH3 is 1. The largest absolute Gasteiger partial charge is 0.380 e. The zero-order chi connectivity index (χ0) is 21.7. The molecule has 1 aliphatic carbocycles. The maximum absolute atomic E-state index is 14.5. The summed E-state index contributed by atoms with van der Waals surface area (Å²) in [6.45, 7) is 1.31. The quantitative estimate of drug-likeness (QED) is 0.636. The van der Waals surface area contributed by atoms with Crippen molar-refractivity contribution >= 4 is 16.8 Å². The van der Waals surface area contributed by atoms with E-state index in [1.54, 1.807) is 19.2 Å². The van der Waals surface area contributed by atoms with Gasteiger partial charge in [0.2, 0.25) is 5.91 Å². The molecule has 2 aromatic carbocycles. The first kappa shape index (κ1) is 20.1. The van der Waals surface area contributed by atoms with Crippen LogP contribution in [0.25, 0.3) is 22.2 Å². The van der Waals surface area contributed by atoms with Gasteiger partial charge in [-0.15, -0.1) is 0 Å². The molecule has 1 amide bonds. The highest BCUT2D eigenvalue weighted by Crippen LogP contribution is 2.49. The molecule has 1 saturated carbocycles. The summed E-state index contributed by atoms with van der Waals surface area (Å²) in [5.41, 5.74) is 2.37. The van der Waals surface area contributed by atoms with E-state index in [1.807, 2.05) is 4.90 Å². The number of benzene rings is 2. The van der Waals surface area contributed by atoms with Crippen molar-refractivity contribution in [1.29, 1.82) is 0 Å². The van der Waals surface area contributed by atoms with E-state index < -0.39 is 11.6 Å². The molecule has 162 valence electrons. The summed E-state index contributed by atoms with van der Waals surface area (Å²) in [6.07, 6.45) is 2.16. The van der Waals surface area contributed by atoms with E-state index in [0.29, 0.717) is 42.6 Å². The maximum atomic E-state index is 14.5. The number of ether oxygens (including phenoxy) is 1. The molecule has 3 aromatic rings. The van der Waals surface area contributed by atoms with Crippen molar-refractivity contribution in [2.45, 2.75) is 31.3 Å². The Hall–Kier alpha value is -2.80. The van der Waals surface area contributed by atoms with Gasteiger partial charge in [-0.2, -0.15) is 0 Å². The lowest BCUT2D eigenvalue weighted by Crippen LogP contribution is -2.40. The summed E-state index contributed by atoms with van der Waals surface area (Å²) in [5, 5.41) is 0.480. The molecule has 5 rings (SSSR count). The van der Waals surface area contributed by atoms with Crippen LogP contribution >= 0.6 is 0 Å². The Morgan fingerprint density at radius 3 is 2.52 bits per heavy atom. The number of carbonyl (C=O) groups excluding carboxylic acids is 1. The smallest absolute Gasteiger partial charge is 0.225 e. The van der Waals surface area contributed by atoms with E-state index in [0.717, 1.165) is 18.1 Å². The number of fused-ring (bicyclic) bond motifs is 1. The van der Waals surface area contributed by atoms with E-state index >= 15 is 0 Å². The Kier molecular flexibility index (Phi) is 5.01. The van der Waals surface area contributed by atoms with Crippen LogP contribution in [0.2, 0.25) is 0 Å². The first-order chi connectivity index (χ1) is 14.9. The van der Waals surface area contributed by atoms with Gasteiger partial charge in [-0.25, -0.2) is 13.2 Å². The van der Waals surface area contributed by atoms with E-state index in [2.05, 4.69) is 4.98 Å². The molecule has 0 unspecified atom stereocenters. The van der Waals surface area contributed by atoms with Crippen LogP contribution in [0.15, 0.2) is 36.4 Å². The minimum atomic E-state index is -0.667. The van der Waals surface area contributed by atoms with E-state index in [-0.39, 0.29) is 35.2 Å². The minimum absolute atomic E-state index is 0.00946. The van der Waals surface area contributed by atoms with Crippen LogP contribution in [0.5, 0.6) is 0 Å². The number of carbonyl (C=O) groups is 1. The van der Waals surface area contributed by atoms with Crippen LogP contribution in [0.4, 0.5) is 13.2 Å². The number of amides is 1. The predicted octanol–water partition coefficient (Wildman–Crippen LogP) is 4.99. The molecule has 1 saturated heterocycles. The van der Waals surface area contributed by atoms with E-state index in [1.165, 1.54) is 18.2 Å². The number of nitrogens with zero attached hydrogens (tertiary/aromatic N) is 1. The number of aromatic nitrogens is 1. The van der Waals surface area contributed by atoms with Gasteiger partial charge in [-0.3, -0.25) is 4.79 Å². The summed E-state index contributed by atoms with van der Waals surface area (Å²) in [6, 6.07) is 8.10. The molecule has 0 radical (unpaired) electrons. The zero-order valence-electron chi connectivity index (χ0n) is 17.1. The highest BCUT2D eigenvalue weighted by molar-refractivity contribution is 5.92. The van der Waals surface area contributed by atoms with Crippen molar-refractivity contribution < 1.29 is 22.7 Å². The van der Waals surface area contributed by atoms with Gasteiger partial charge < -0.3 is 14.6 Å². The van der Waals surface area contributed by atoms with Crippen molar-refractivity contribution in [1.82, 2.24) is 9.88 Å². The minimum Gasteiger partial charge on any atom is -0.380 e. The summed E-state index contributed by atoms with van der Waals surface area (Å²) >= 11 is 0. The van der Waals surface area contributed by atoms with Gasteiger partial charge in [0.25, 0.3) is 0 Å². The molecule has 4 nitrogen and oxygen atoms in total. The number of likely N-dealkylation sites (tertiary alicyclic amines) is 1. The second-order valence-electron chi connectivity index (χ2n) is 8.53. The summed E-state index contributed by atoms with van der Waals surface area (Å²) in [4.78, 5) is 17.8. The first-order valence-corrected chi connectivity index (χ1v) is 10.5. The van der Waals surface area contributed by atoms with Crippen LogP contribution in [0.1, 0.15) is 30.7 Å². The summed E-state index contributed by atoms with van der Waals surface area (Å²) < 4.78 is 47.3. The van der Waals surface area contributed by atoms with Gasteiger partial charge >= 0.3 is 0 Å². The lowest BCUT2D eigenvalue weighted by molar-refractivity contribution is -0.138. The van der Waals surface area contributed by atoms with E-state index in [9.17, 15) is 18.0 Å². The number of rotatable bonds is 4. The molecule has 2 aliphatic rings. The van der Waals surface area contributed by atoms with Gasteiger partial charge in [0.15, 0.2) is 0 Å². The molecule has 0 bridgehead atoms. The lowest BCUT2D eigenvalue weighted by Gasteiger charge is -2.37. The monoisotopic (exact) mass is 428 g/mol. The van der Waals surface area contributed by atoms with Gasteiger partial charge in [-0.05, 0) is 66.6 Å². The average molecular weight is 428 g/mol. The number of aromatic amines is 1. The van der Waals surface area contributed by atoms with Gasteiger partial charge in [0, 0.05) is 37.6 Å². The molecule has 2 heterocycles. The van der Waals surface area contributed by atoms with Crippen LogP contribution in [-0.4, -0.2) is 42.1 Å². The fourth-order valence-electron chi connectivity index (χ4n) is 4.94. The number of nitrogens with one attached hydrogen (secondary N) is 1. The average Bonchev–Trinajstić information content (AvgIpc) is 3.33. The van der Waals surface area contributed by atoms with Crippen molar-refractivity contribution in [2.24, 2.45) is 5.92 Å². The molecule has 1 aliphatic heterocycles. The van der Waals surface area contributed by atoms with Gasteiger partial charge in [-0.1, -0.05) is 0 Å². The molecule has 1 atom stereocenters. The maximum Gasteiger partial charge on any atom is 0.225 e. The Morgan fingerprint density at radius 1 is 1.10 bits per heavy atom. The molecule has 7 heteroatoms. The number of hydrogen-bond acceptors (Lipinski definition) is 2. The molecule has 1 N–H and O–H groups in total. The standard InChI is InChI=1S/C24H23F3N2O2/c1-31-18-6-7-29(12-18)24(30)15-8-14(9-15)21-19-10-17(26)11-20(27)23(19)28-22(21)13-2-4-16(25)5-3-13/h2-5,10-11,14-15,18,28H,6-9,12H2,1H3/t14?,15?,18-/m0/s1. The fourth-order valence-corrected chi connectivity index (χ4v) is 4.94. The second kappa shape index (κ2) is 7.71. The van der Waals surface area contributed by atoms with Crippen LogP contribution in [0.3, 0.4) is 0 Å². The third kappa shape index (κ3) is 3.51. The first-order valence-electron chi connectivity index (χ1n) is 10.5. The number of H-pyrrole nitrogens is 1. The molecule has 1 aromatic heterocycles. The molecule has 31 heavy (non-hydrogen) atoms. The van der Waals surface area contributed by atoms with Crippen molar-refractivity contribution in [2.75, 3.05) is 20.2 Å². The summed E-state index contributed by atoms with van der Waals surface area (Å²) in [7, 11) is 1.66. The second-order valence-corrected chi connectivity index (χ2v) is 8.53. The Labute approximate surface area is 178 Å². The Balaban J connectivity index is 1.46. The molecular weight excluding hydrogens is 405 g/mol. The van der Waals surface area contributed by atoms with Crippen LogP contribution < -0.4 is 0 Å². The molecule has 2 fully saturated rings. The third-order valence-electron chi connectivity index (χ3n) is 6.68. The van der Waals surface area contributed by atoms with Crippen molar-refractivity contribution in [3.8, 4) is 11.3 Å². The zero-order valence-corrected chi connectivity index (χ0v) is 17.1. The highest BCUT2D eigenvalue weighted by atomic mass is 19.1. The van der Waals surface area contributed by atoms with Crippen LogP contribution in [0, 0.1) is 23.4 Å². The molecule has 0 spiro atoms. The number of hydrogen-bond donors (Lipinski definition) is 1. The van der Waals surface area contributed by atoms with E-state index in [4.69, 9.17) is 4.74 Å². The Morgan fingerprint density at radius 2 is 1.84 bits per heavy atom. The SMILES string of the molecule is CO[C@H]1CCN(C(=O)C2CC(c3c(-c4ccc(F)cc4)[nH]c4c(F)cc(F)cc34)C2)C1. The Bertz CT molecular complexity index is 1140. The highest BCUT2D eigenvalue weighted by Gasteiger charge is 2.41. The fraction of sp³-hybridized carbons (Fsp3) is 0.375. The van der Waals surface area contributed by atoms with Gasteiger partial charge in [0.05, 0.1) is 17.3 Å². The van der Waals surface area contributed by atoms with Crippen molar-refractivity contribution in [3.05, 3.63) is 59.4 Å². The van der Waals surface area contributed by atoms with Gasteiger partial charge in [0.1, 0.15) is 17.5 Å². The predicted molar refractivity (Wildman–Crippen MR) is 111 cm³/mol.